The molecule has 3 heteroatoms. The van der Waals surface area contributed by atoms with Gasteiger partial charge in [-0.2, -0.15) is 0 Å². The third kappa shape index (κ3) is 2.73. The highest BCUT2D eigenvalue weighted by Gasteiger charge is 2.19. The van der Waals surface area contributed by atoms with Crippen molar-refractivity contribution in [2.75, 3.05) is 13.2 Å². The van der Waals surface area contributed by atoms with Gasteiger partial charge in [0.05, 0.1) is 5.52 Å². The number of benzene rings is 1. The van der Waals surface area contributed by atoms with Gasteiger partial charge in [-0.3, -0.25) is 4.79 Å². The molecule has 3 nitrogen and oxygen atoms in total. The number of ether oxygens (including phenoxy) is 1. The van der Waals surface area contributed by atoms with E-state index in [2.05, 4.69) is 4.98 Å². The Morgan fingerprint density at radius 2 is 2.05 bits per heavy atom. The molecule has 1 aliphatic rings. The molecule has 0 spiro atoms. The van der Waals surface area contributed by atoms with E-state index in [0.717, 1.165) is 42.5 Å². The van der Waals surface area contributed by atoms with Crippen molar-refractivity contribution in [2.45, 2.75) is 26.2 Å². The van der Waals surface area contributed by atoms with Gasteiger partial charge in [0.2, 0.25) is 0 Å². The van der Waals surface area contributed by atoms with Gasteiger partial charge in [-0.1, -0.05) is 18.2 Å². The minimum absolute atomic E-state index is 0.158. The molecule has 0 unspecified atom stereocenters. The van der Waals surface area contributed by atoms with E-state index in [1.165, 1.54) is 0 Å². The fraction of sp³-hybridized carbons (Fsp3) is 0.412. The van der Waals surface area contributed by atoms with E-state index >= 15 is 0 Å². The first-order valence-corrected chi connectivity index (χ1v) is 7.21. The Labute approximate surface area is 119 Å². The van der Waals surface area contributed by atoms with Crippen LogP contribution in [0.4, 0.5) is 0 Å². The van der Waals surface area contributed by atoms with Crippen molar-refractivity contribution in [3.05, 3.63) is 41.6 Å². The van der Waals surface area contributed by atoms with Crippen LogP contribution >= 0.6 is 0 Å². The third-order valence-electron chi connectivity index (χ3n) is 4.02. The van der Waals surface area contributed by atoms with E-state index in [9.17, 15) is 4.79 Å². The number of fused-ring (bicyclic) bond motifs is 1. The van der Waals surface area contributed by atoms with Crippen LogP contribution in [0.3, 0.4) is 0 Å². The van der Waals surface area contributed by atoms with Crippen molar-refractivity contribution < 1.29 is 9.53 Å². The summed E-state index contributed by atoms with van der Waals surface area (Å²) in [6.07, 6.45) is 2.56. The molecule has 0 aliphatic carbocycles. The number of pyridine rings is 1. The quantitative estimate of drug-likeness (QED) is 0.800. The maximum Gasteiger partial charge on any atom is 0.181 e. The number of aromatic nitrogens is 1. The van der Waals surface area contributed by atoms with Crippen LogP contribution in [0.25, 0.3) is 10.9 Å². The Hall–Kier alpha value is -1.74. The molecule has 0 saturated carbocycles. The summed E-state index contributed by atoms with van der Waals surface area (Å²) in [5.41, 5.74) is 2.63. The first kappa shape index (κ1) is 13.3. The Balaban J connectivity index is 1.84. The first-order chi connectivity index (χ1) is 9.74. The van der Waals surface area contributed by atoms with Crippen molar-refractivity contribution in [2.24, 2.45) is 5.92 Å². The molecule has 1 aromatic carbocycles. The zero-order valence-electron chi connectivity index (χ0n) is 11.8. The average Bonchev–Trinajstić information content (AvgIpc) is 2.48. The van der Waals surface area contributed by atoms with Crippen LogP contribution in [0, 0.1) is 12.8 Å². The van der Waals surface area contributed by atoms with E-state index < -0.39 is 0 Å². The fourth-order valence-electron chi connectivity index (χ4n) is 2.81. The van der Waals surface area contributed by atoms with Gasteiger partial charge in [-0.05, 0) is 43.4 Å². The molecule has 1 fully saturated rings. The first-order valence-electron chi connectivity index (χ1n) is 7.21. The van der Waals surface area contributed by atoms with E-state index in [-0.39, 0.29) is 5.78 Å². The van der Waals surface area contributed by atoms with Gasteiger partial charge in [0.15, 0.2) is 5.78 Å². The van der Waals surface area contributed by atoms with Crippen LogP contribution in [0.5, 0.6) is 0 Å². The summed E-state index contributed by atoms with van der Waals surface area (Å²) in [6, 6.07) is 9.89. The summed E-state index contributed by atoms with van der Waals surface area (Å²) in [7, 11) is 0. The van der Waals surface area contributed by atoms with Gasteiger partial charge < -0.3 is 4.74 Å². The fourth-order valence-corrected chi connectivity index (χ4v) is 2.81. The monoisotopic (exact) mass is 269 g/mol. The Morgan fingerprint density at radius 1 is 1.30 bits per heavy atom. The molecule has 0 bridgehead atoms. The van der Waals surface area contributed by atoms with Gasteiger partial charge in [-0.15, -0.1) is 0 Å². The number of hydrogen-bond donors (Lipinski definition) is 0. The summed E-state index contributed by atoms with van der Waals surface area (Å²) < 4.78 is 5.34. The van der Waals surface area contributed by atoms with Crippen LogP contribution in [0.15, 0.2) is 30.3 Å². The topological polar surface area (TPSA) is 39.2 Å². The molecular formula is C17H19NO2. The van der Waals surface area contributed by atoms with Gasteiger partial charge in [0.25, 0.3) is 0 Å². The lowest BCUT2D eigenvalue weighted by Gasteiger charge is -2.21. The van der Waals surface area contributed by atoms with Crippen molar-refractivity contribution in [3.63, 3.8) is 0 Å². The molecular weight excluding hydrogens is 250 g/mol. The lowest BCUT2D eigenvalue weighted by molar-refractivity contribution is 0.0599. The number of ketones is 1. The highest BCUT2D eigenvalue weighted by Crippen LogP contribution is 2.22. The minimum atomic E-state index is 0.158. The largest absolute Gasteiger partial charge is 0.381 e. The molecule has 0 atom stereocenters. The number of nitrogens with zero attached hydrogens (tertiary/aromatic N) is 1. The van der Waals surface area contributed by atoms with Crippen molar-refractivity contribution in [1.29, 1.82) is 0 Å². The molecule has 20 heavy (non-hydrogen) atoms. The van der Waals surface area contributed by atoms with E-state index in [0.29, 0.717) is 18.0 Å². The maximum absolute atomic E-state index is 12.4. The van der Waals surface area contributed by atoms with Crippen LogP contribution < -0.4 is 0 Å². The molecule has 0 N–H and O–H groups in total. The highest BCUT2D eigenvalue weighted by atomic mass is 16.5. The van der Waals surface area contributed by atoms with E-state index in [1.54, 1.807) is 0 Å². The summed E-state index contributed by atoms with van der Waals surface area (Å²) in [5, 5.41) is 1.12. The predicted octanol–water partition coefficient (Wildman–Crippen LogP) is 3.54. The van der Waals surface area contributed by atoms with Gasteiger partial charge in [0, 0.05) is 25.0 Å². The van der Waals surface area contributed by atoms with Crippen molar-refractivity contribution in [1.82, 2.24) is 4.98 Å². The van der Waals surface area contributed by atoms with E-state index in [4.69, 9.17) is 4.74 Å². The van der Waals surface area contributed by atoms with Gasteiger partial charge in [-0.25, -0.2) is 4.98 Å². The number of para-hydroxylation sites is 1. The molecule has 1 saturated heterocycles. The Bertz CT molecular complexity index is 630. The SMILES string of the molecule is Cc1cc(C(=O)CC2CCOCC2)nc2ccccc12. The second kappa shape index (κ2) is 5.71. The summed E-state index contributed by atoms with van der Waals surface area (Å²) >= 11 is 0. The molecule has 2 aromatic rings. The predicted molar refractivity (Wildman–Crippen MR) is 79.0 cm³/mol. The second-order valence-corrected chi connectivity index (χ2v) is 5.52. The number of rotatable bonds is 3. The molecule has 0 amide bonds. The lowest BCUT2D eigenvalue weighted by atomic mass is 9.93. The number of carbonyl (C=O) groups is 1. The van der Waals surface area contributed by atoms with Gasteiger partial charge in [0.1, 0.15) is 5.69 Å². The molecule has 1 aliphatic heterocycles. The Morgan fingerprint density at radius 3 is 2.85 bits per heavy atom. The lowest BCUT2D eigenvalue weighted by Crippen LogP contribution is -2.19. The molecule has 2 heterocycles. The van der Waals surface area contributed by atoms with E-state index in [1.807, 2.05) is 37.3 Å². The maximum atomic E-state index is 12.4. The van der Waals surface area contributed by atoms with Crippen LogP contribution in [0.2, 0.25) is 0 Å². The zero-order valence-corrected chi connectivity index (χ0v) is 11.8. The standard InChI is InChI=1S/C17H19NO2/c1-12-10-16(18-15-5-3-2-4-14(12)15)17(19)11-13-6-8-20-9-7-13/h2-5,10,13H,6-9,11H2,1H3. The zero-order chi connectivity index (χ0) is 13.9. The Kier molecular flexibility index (Phi) is 3.79. The normalized spacial score (nSPS) is 16.4. The number of Topliss-reactive ketones (excluding diaryl/α,β-unsaturated/α-hetero) is 1. The molecule has 0 radical (unpaired) electrons. The van der Waals surface area contributed by atoms with Gasteiger partial charge >= 0.3 is 0 Å². The number of hydrogen-bond acceptors (Lipinski definition) is 3. The highest BCUT2D eigenvalue weighted by molar-refractivity contribution is 5.97. The second-order valence-electron chi connectivity index (χ2n) is 5.52. The molecule has 104 valence electrons. The molecule has 1 aromatic heterocycles. The summed E-state index contributed by atoms with van der Waals surface area (Å²) in [4.78, 5) is 16.9. The van der Waals surface area contributed by atoms with Crippen LogP contribution in [0.1, 0.15) is 35.3 Å². The van der Waals surface area contributed by atoms with Crippen LogP contribution in [-0.2, 0) is 4.74 Å². The molecule has 3 rings (SSSR count). The van der Waals surface area contributed by atoms with Crippen molar-refractivity contribution in [3.8, 4) is 0 Å². The van der Waals surface area contributed by atoms with Crippen molar-refractivity contribution >= 4 is 16.7 Å². The number of aryl methyl sites for hydroxylation is 1. The smallest absolute Gasteiger partial charge is 0.181 e. The minimum Gasteiger partial charge on any atom is -0.381 e. The van der Waals surface area contributed by atoms with Crippen LogP contribution in [-0.4, -0.2) is 24.0 Å². The summed E-state index contributed by atoms with van der Waals surface area (Å²) in [6.45, 7) is 3.60. The summed E-state index contributed by atoms with van der Waals surface area (Å²) in [5.74, 6) is 0.607. The number of carbonyl (C=O) groups excluding carboxylic acids is 1. The third-order valence-corrected chi connectivity index (χ3v) is 4.02. The average molecular weight is 269 g/mol.